The van der Waals surface area contributed by atoms with Crippen molar-refractivity contribution in [2.75, 3.05) is 11.9 Å². The minimum atomic E-state index is -4.39. The molecule has 0 N–H and O–H groups in total. The summed E-state index contributed by atoms with van der Waals surface area (Å²) in [5, 5.41) is 0. The van der Waals surface area contributed by atoms with Crippen molar-refractivity contribution < 1.29 is 13.2 Å². The lowest BCUT2D eigenvalue weighted by molar-refractivity contribution is -0.137. The molecular weight excluding hydrogens is 335 g/mol. The van der Waals surface area contributed by atoms with Crippen LogP contribution in [0, 0.1) is 0 Å². The van der Waals surface area contributed by atoms with Crippen LogP contribution in [0.2, 0.25) is 0 Å². The molecule has 106 valence electrons. The number of hydrogen-bond donors (Lipinski definition) is 0. The number of pyridine rings is 2. The van der Waals surface area contributed by atoms with E-state index in [9.17, 15) is 13.2 Å². The lowest BCUT2D eigenvalue weighted by atomic mass is 10.2. The third-order valence-electron chi connectivity index (χ3n) is 2.65. The number of hydrogen-bond acceptors (Lipinski definition) is 3. The second-order valence-corrected chi connectivity index (χ2v) is 5.10. The molecule has 0 aromatic carbocycles. The maximum Gasteiger partial charge on any atom is 0.417 e. The van der Waals surface area contributed by atoms with Gasteiger partial charge in [0.25, 0.3) is 0 Å². The zero-order valence-corrected chi connectivity index (χ0v) is 12.1. The average molecular weight is 346 g/mol. The first kappa shape index (κ1) is 14.8. The van der Waals surface area contributed by atoms with Crippen molar-refractivity contribution in [3.8, 4) is 0 Å². The Morgan fingerprint density at radius 1 is 1.30 bits per heavy atom. The van der Waals surface area contributed by atoms with E-state index < -0.39 is 11.7 Å². The first-order chi connectivity index (χ1) is 9.38. The van der Waals surface area contributed by atoms with E-state index in [1.807, 2.05) is 6.07 Å². The number of nitrogens with zero attached hydrogens (tertiary/aromatic N) is 3. The second kappa shape index (κ2) is 5.78. The third kappa shape index (κ3) is 3.47. The van der Waals surface area contributed by atoms with Crippen LogP contribution in [-0.4, -0.2) is 17.0 Å². The van der Waals surface area contributed by atoms with Gasteiger partial charge in [-0.1, -0.05) is 6.07 Å². The van der Waals surface area contributed by atoms with E-state index in [0.717, 1.165) is 17.8 Å². The Kier molecular flexibility index (Phi) is 4.27. The Labute approximate surface area is 122 Å². The summed E-state index contributed by atoms with van der Waals surface area (Å²) >= 11 is 3.13. The van der Waals surface area contributed by atoms with E-state index in [2.05, 4.69) is 25.9 Å². The van der Waals surface area contributed by atoms with Gasteiger partial charge < -0.3 is 4.90 Å². The van der Waals surface area contributed by atoms with Gasteiger partial charge in [-0.2, -0.15) is 13.2 Å². The molecule has 0 bridgehead atoms. The summed E-state index contributed by atoms with van der Waals surface area (Å²) in [6.45, 7) is 0.505. The van der Waals surface area contributed by atoms with Crippen LogP contribution in [0.1, 0.15) is 11.1 Å². The summed E-state index contributed by atoms with van der Waals surface area (Å²) in [5.74, 6) is 0.446. The first-order valence-electron chi connectivity index (χ1n) is 5.70. The standard InChI is InChI=1S/C13H11BrF3N3/c1-20(8-9-3-2-4-18-6-9)12-11(14)5-10(7-19-12)13(15,16)17/h2-7H,8H2,1H3. The van der Waals surface area contributed by atoms with Crippen LogP contribution in [0.3, 0.4) is 0 Å². The van der Waals surface area contributed by atoms with Crippen molar-refractivity contribution in [1.29, 1.82) is 0 Å². The fourth-order valence-electron chi connectivity index (χ4n) is 1.71. The maximum atomic E-state index is 12.6. The van der Waals surface area contributed by atoms with Gasteiger partial charge in [0.15, 0.2) is 0 Å². The molecule has 20 heavy (non-hydrogen) atoms. The van der Waals surface area contributed by atoms with E-state index in [-0.39, 0.29) is 0 Å². The molecule has 0 amide bonds. The normalized spacial score (nSPS) is 11.4. The lowest BCUT2D eigenvalue weighted by Gasteiger charge is -2.20. The van der Waals surface area contributed by atoms with Gasteiger partial charge in [-0.05, 0) is 33.6 Å². The van der Waals surface area contributed by atoms with Crippen LogP contribution >= 0.6 is 15.9 Å². The summed E-state index contributed by atoms with van der Waals surface area (Å²) in [6, 6.07) is 4.72. The number of aromatic nitrogens is 2. The fourth-order valence-corrected chi connectivity index (χ4v) is 2.36. The summed E-state index contributed by atoms with van der Waals surface area (Å²) < 4.78 is 38.0. The van der Waals surface area contributed by atoms with Crippen LogP contribution in [0.5, 0.6) is 0 Å². The number of anilines is 1. The van der Waals surface area contributed by atoms with Crippen molar-refractivity contribution >= 4 is 21.7 Å². The van der Waals surface area contributed by atoms with Crippen LogP contribution in [0.25, 0.3) is 0 Å². The molecule has 0 saturated carbocycles. The molecule has 0 fully saturated rings. The second-order valence-electron chi connectivity index (χ2n) is 4.24. The van der Waals surface area contributed by atoms with Gasteiger partial charge in [-0.3, -0.25) is 4.98 Å². The van der Waals surface area contributed by atoms with E-state index in [1.165, 1.54) is 0 Å². The molecule has 2 rings (SSSR count). The Hall–Kier alpha value is -1.63. The summed E-state index contributed by atoms with van der Waals surface area (Å²) in [5.41, 5.74) is 0.173. The highest BCUT2D eigenvalue weighted by Gasteiger charge is 2.31. The Balaban J connectivity index is 2.21. The molecule has 0 atom stereocenters. The largest absolute Gasteiger partial charge is 0.417 e. The van der Waals surface area contributed by atoms with Crippen molar-refractivity contribution in [1.82, 2.24) is 9.97 Å². The Morgan fingerprint density at radius 3 is 2.60 bits per heavy atom. The highest BCUT2D eigenvalue weighted by atomic mass is 79.9. The molecule has 2 aromatic heterocycles. The van der Waals surface area contributed by atoms with Gasteiger partial charge in [0.05, 0.1) is 10.0 Å². The lowest BCUT2D eigenvalue weighted by Crippen LogP contribution is -2.19. The SMILES string of the molecule is CN(Cc1cccnc1)c1ncc(C(F)(F)F)cc1Br. The quantitative estimate of drug-likeness (QED) is 0.844. The van der Waals surface area contributed by atoms with Gasteiger partial charge in [-0.15, -0.1) is 0 Å². The summed E-state index contributed by atoms with van der Waals surface area (Å²) in [7, 11) is 1.76. The molecule has 0 aliphatic heterocycles. The fraction of sp³-hybridized carbons (Fsp3) is 0.231. The molecule has 0 aliphatic carbocycles. The van der Waals surface area contributed by atoms with Gasteiger partial charge in [-0.25, -0.2) is 4.98 Å². The average Bonchev–Trinajstić information content (AvgIpc) is 2.38. The van der Waals surface area contributed by atoms with E-state index >= 15 is 0 Å². The molecule has 0 unspecified atom stereocenters. The minimum absolute atomic E-state index is 0.304. The zero-order valence-electron chi connectivity index (χ0n) is 10.5. The first-order valence-corrected chi connectivity index (χ1v) is 6.50. The monoisotopic (exact) mass is 345 g/mol. The molecule has 7 heteroatoms. The smallest absolute Gasteiger partial charge is 0.354 e. The van der Waals surface area contributed by atoms with Crippen molar-refractivity contribution in [2.24, 2.45) is 0 Å². The van der Waals surface area contributed by atoms with Crippen LogP contribution in [0.15, 0.2) is 41.3 Å². The molecule has 0 spiro atoms. The number of halogens is 4. The van der Waals surface area contributed by atoms with Crippen molar-refractivity contribution in [2.45, 2.75) is 12.7 Å². The summed E-state index contributed by atoms with van der Waals surface area (Å²) in [6.07, 6.45) is -0.194. The molecule has 0 aliphatic rings. The van der Waals surface area contributed by atoms with E-state index in [4.69, 9.17) is 0 Å². The molecule has 0 radical (unpaired) electrons. The highest BCUT2D eigenvalue weighted by molar-refractivity contribution is 9.10. The van der Waals surface area contributed by atoms with Crippen LogP contribution < -0.4 is 4.90 Å². The highest BCUT2D eigenvalue weighted by Crippen LogP contribution is 2.33. The third-order valence-corrected chi connectivity index (χ3v) is 3.24. The molecule has 2 aromatic rings. The summed E-state index contributed by atoms with van der Waals surface area (Å²) in [4.78, 5) is 9.62. The Bertz CT molecular complexity index is 587. The molecular formula is C13H11BrF3N3. The van der Waals surface area contributed by atoms with E-state index in [0.29, 0.717) is 16.8 Å². The predicted octanol–water partition coefficient (Wildman–Crippen LogP) is 3.89. The molecule has 3 nitrogen and oxygen atoms in total. The number of alkyl halides is 3. The minimum Gasteiger partial charge on any atom is -0.354 e. The van der Waals surface area contributed by atoms with Gasteiger partial charge in [0.1, 0.15) is 5.82 Å². The maximum absolute atomic E-state index is 12.6. The molecule has 2 heterocycles. The van der Waals surface area contributed by atoms with Crippen LogP contribution in [-0.2, 0) is 12.7 Å². The Morgan fingerprint density at radius 2 is 2.05 bits per heavy atom. The topological polar surface area (TPSA) is 29.0 Å². The van der Waals surface area contributed by atoms with Crippen molar-refractivity contribution in [3.63, 3.8) is 0 Å². The van der Waals surface area contributed by atoms with Gasteiger partial charge in [0.2, 0.25) is 0 Å². The van der Waals surface area contributed by atoms with Crippen LogP contribution in [0.4, 0.5) is 19.0 Å². The molecule has 0 saturated heterocycles. The zero-order chi connectivity index (χ0) is 14.8. The predicted molar refractivity (Wildman–Crippen MR) is 73.3 cm³/mol. The van der Waals surface area contributed by atoms with Gasteiger partial charge in [0, 0.05) is 32.2 Å². The van der Waals surface area contributed by atoms with E-state index in [1.54, 1.807) is 30.4 Å². The number of rotatable bonds is 3. The van der Waals surface area contributed by atoms with Gasteiger partial charge >= 0.3 is 6.18 Å². The van der Waals surface area contributed by atoms with Crippen molar-refractivity contribution in [3.05, 3.63) is 52.4 Å².